The van der Waals surface area contributed by atoms with Crippen molar-refractivity contribution in [1.82, 2.24) is 0 Å². The van der Waals surface area contributed by atoms with Crippen LogP contribution in [0.25, 0.3) is 0 Å². The number of aliphatic imine (C=N–C) groups is 1. The number of nitrogens with zero attached hydrogens (tertiary/aromatic N) is 1. The Morgan fingerprint density at radius 1 is 1.32 bits per heavy atom. The Balaban J connectivity index is 2.27. The highest BCUT2D eigenvalue weighted by Crippen LogP contribution is 2.35. The molecule has 0 atom stereocenters. The monoisotopic (exact) mass is 431 g/mol. The molecule has 0 heterocycles. The molecule has 1 fully saturated rings. The third-order valence-corrected chi connectivity index (χ3v) is 4.84. The summed E-state index contributed by atoms with van der Waals surface area (Å²) in [6.07, 6.45) is 5.03. The topological polar surface area (TPSA) is 47.9 Å². The molecule has 0 bridgehead atoms. The molecule has 0 unspecified atom stereocenters. The molecular formula is C20H21Cl2F2NO3. The number of alkyl halides is 2. The normalized spacial score (nSPS) is 15.8. The molecule has 152 valence electrons. The van der Waals surface area contributed by atoms with Crippen LogP contribution in [0.15, 0.2) is 44.9 Å². The van der Waals surface area contributed by atoms with Crippen molar-refractivity contribution < 1.29 is 23.0 Å². The fourth-order valence-corrected chi connectivity index (χ4v) is 2.87. The molecule has 1 aromatic carbocycles. The van der Waals surface area contributed by atoms with E-state index < -0.39 is 6.61 Å². The van der Waals surface area contributed by atoms with Gasteiger partial charge in [-0.2, -0.15) is 8.78 Å². The standard InChI is InChI=1S/C20H21Cl2F2NO3/c1-3-15(21)14(16(22)10-25-2)9-17(26)13-6-7-18(28-20(23)24)19(8-13)27-11-12-4-5-12/h3,6-8,10,12,20H,4-5,9,11H2,1-2H3/b15-3+,16-14+,25-10+. The number of rotatable bonds is 10. The molecule has 1 aliphatic carbocycles. The zero-order valence-electron chi connectivity index (χ0n) is 15.6. The van der Waals surface area contributed by atoms with Crippen molar-refractivity contribution in [2.24, 2.45) is 10.9 Å². The first-order valence-corrected chi connectivity index (χ1v) is 9.49. The minimum Gasteiger partial charge on any atom is -0.489 e. The Kier molecular flexibility index (Phi) is 8.45. The van der Waals surface area contributed by atoms with Gasteiger partial charge in [0.05, 0.1) is 11.6 Å². The van der Waals surface area contributed by atoms with Crippen LogP contribution in [0.2, 0.25) is 0 Å². The van der Waals surface area contributed by atoms with E-state index >= 15 is 0 Å². The highest BCUT2D eigenvalue weighted by molar-refractivity contribution is 6.42. The lowest BCUT2D eigenvalue weighted by molar-refractivity contribution is -0.0515. The first kappa shape index (κ1) is 22.4. The molecule has 0 aliphatic heterocycles. The number of benzene rings is 1. The highest BCUT2D eigenvalue weighted by Gasteiger charge is 2.24. The largest absolute Gasteiger partial charge is 0.489 e. The van der Waals surface area contributed by atoms with Gasteiger partial charge < -0.3 is 9.47 Å². The highest BCUT2D eigenvalue weighted by atomic mass is 35.5. The number of hydrogen-bond acceptors (Lipinski definition) is 4. The minimum absolute atomic E-state index is 0.0782. The van der Waals surface area contributed by atoms with Crippen molar-refractivity contribution in [3.8, 4) is 11.5 Å². The lowest BCUT2D eigenvalue weighted by Gasteiger charge is -2.14. The summed E-state index contributed by atoms with van der Waals surface area (Å²) >= 11 is 12.4. The summed E-state index contributed by atoms with van der Waals surface area (Å²) in [6.45, 7) is -0.869. The van der Waals surface area contributed by atoms with Crippen molar-refractivity contribution in [3.05, 3.63) is 45.5 Å². The molecule has 4 nitrogen and oxygen atoms in total. The van der Waals surface area contributed by atoms with Gasteiger partial charge in [0.25, 0.3) is 0 Å². The van der Waals surface area contributed by atoms with Gasteiger partial charge in [0, 0.05) is 30.3 Å². The van der Waals surface area contributed by atoms with Gasteiger partial charge >= 0.3 is 6.61 Å². The molecular weight excluding hydrogens is 411 g/mol. The quantitative estimate of drug-likeness (QED) is 0.259. The van der Waals surface area contributed by atoms with Crippen LogP contribution in [0.5, 0.6) is 11.5 Å². The second-order valence-electron chi connectivity index (χ2n) is 6.24. The lowest BCUT2D eigenvalue weighted by Crippen LogP contribution is -2.08. The van der Waals surface area contributed by atoms with Crippen molar-refractivity contribution in [2.45, 2.75) is 32.8 Å². The molecule has 0 aromatic heterocycles. The molecule has 0 spiro atoms. The van der Waals surface area contributed by atoms with Crippen LogP contribution in [0.4, 0.5) is 8.78 Å². The lowest BCUT2D eigenvalue weighted by atomic mass is 10.0. The Morgan fingerprint density at radius 3 is 2.61 bits per heavy atom. The van der Waals surface area contributed by atoms with Crippen molar-refractivity contribution in [1.29, 1.82) is 0 Å². The third kappa shape index (κ3) is 6.60. The molecule has 2 rings (SSSR count). The Labute approximate surface area is 172 Å². The molecule has 0 radical (unpaired) electrons. The SMILES string of the molecule is C\C=C(Cl)/C(CC(=O)c1ccc(OC(F)F)c(OCC2CC2)c1)=C(Cl)\C=N\C. The van der Waals surface area contributed by atoms with Crippen LogP contribution in [0, 0.1) is 5.92 Å². The number of hydrogen-bond donors (Lipinski definition) is 0. The molecule has 28 heavy (non-hydrogen) atoms. The molecule has 1 saturated carbocycles. The van der Waals surface area contributed by atoms with Crippen molar-refractivity contribution >= 4 is 35.2 Å². The second-order valence-corrected chi connectivity index (χ2v) is 7.06. The van der Waals surface area contributed by atoms with Crippen LogP contribution < -0.4 is 9.47 Å². The fraction of sp³-hybridized carbons (Fsp3) is 0.400. The average Bonchev–Trinajstić information content (AvgIpc) is 3.48. The van der Waals surface area contributed by atoms with Crippen molar-refractivity contribution in [3.63, 3.8) is 0 Å². The number of allylic oxidation sites excluding steroid dienone is 4. The maximum Gasteiger partial charge on any atom is 0.387 e. The van der Waals surface area contributed by atoms with Gasteiger partial charge in [0.2, 0.25) is 0 Å². The molecule has 1 aliphatic rings. The maximum absolute atomic E-state index is 12.8. The van der Waals surface area contributed by atoms with E-state index in [4.69, 9.17) is 27.9 Å². The van der Waals surface area contributed by atoms with Gasteiger partial charge in [-0.25, -0.2) is 0 Å². The summed E-state index contributed by atoms with van der Waals surface area (Å²) in [5.41, 5.74) is 0.707. The Bertz CT molecular complexity index is 803. The summed E-state index contributed by atoms with van der Waals surface area (Å²) in [7, 11) is 1.55. The maximum atomic E-state index is 12.8. The summed E-state index contributed by atoms with van der Waals surface area (Å²) in [4.78, 5) is 16.6. The van der Waals surface area contributed by atoms with E-state index in [-0.39, 0.29) is 34.3 Å². The number of ether oxygens (including phenoxy) is 2. The first-order valence-electron chi connectivity index (χ1n) is 8.73. The van der Waals surface area contributed by atoms with E-state index in [0.717, 1.165) is 12.8 Å². The van der Waals surface area contributed by atoms with Gasteiger partial charge in [-0.15, -0.1) is 0 Å². The van der Waals surface area contributed by atoms with E-state index in [1.807, 2.05) is 0 Å². The Morgan fingerprint density at radius 2 is 2.04 bits per heavy atom. The zero-order chi connectivity index (χ0) is 20.7. The predicted octanol–water partition coefficient (Wildman–Crippen LogP) is 5.99. The van der Waals surface area contributed by atoms with E-state index in [0.29, 0.717) is 23.1 Å². The molecule has 0 saturated heterocycles. The summed E-state index contributed by atoms with van der Waals surface area (Å²) in [5.74, 6) is 0.124. The van der Waals surface area contributed by atoms with Crippen LogP contribution in [0.3, 0.4) is 0 Å². The zero-order valence-corrected chi connectivity index (χ0v) is 17.1. The number of carbonyl (C=O) groups excluding carboxylic acids is 1. The van der Waals surface area contributed by atoms with E-state index in [1.54, 1.807) is 20.0 Å². The van der Waals surface area contributed by atoms with Crippen LogP contribution in [-0.4, -0.2) is 32.3 Å². The van der Waals surface area contributed by atoms with Gasteiger partial charge in [-0.1, -0.05) is 29.3 Å². The van der Waals surface area contributed by atoms with Crippen LogP contribution >= 0.6 is 23.2 Å². The van der Waals surface area contributed by atoms with Crippen molar-refractivity contribution in [2.75, 3.05) is 13.7 Å². The number of carbonyl (C=O) groups is 1. The number of ketones is 1. The molecule has 0 N–H and O–H groups in total. The summed E-state index contributed by atoms with van der Waals surface area (Å²) in [6, 6.07) is 4.12. The van der Waals surface area contributed by atoms with E-state index in [2.05, 4.69) is 9.73 Å². The molecule has 1 aromatic rings. The molecule has 0 amide bonds. The average molecular weight is 432 g/mol. The van der Waals surface area contributed by atoms with Gasteiger partial charge in [-0.3, -0.25) is 9.79 Å². The van der Waals surface area contributed by atoms with E-state index in [1.165, 1.54) is 24.4 Å². The van der Waals surface area contributed by atoms with Gasteiger partial charge in [-0.05, 0) is 49.5 Å². The second kappa shape index (κ2) is 10.6. The van der Waals surface area contributed by atoms with Crippen LogP contribution in [-0.2, 0) is 0 Å². The number of Topliss-reactive ketones (excluding diaryl/α,β-unsaturated/α-hetero) is 1. The molecule has 8 heteroatoms. The van der Waals surface area contributed by atoms with Crippen LogP contribution in [0.1, 0.15) is 36.5 Å². The van der Waals surface area contributed by atoms with E-state index in [9.17, 15) is 13.6 Å². The summed E-state index contributed by atoms with van der Waals surface area (Å²) < 4.78 is 35.4. The third-order valence-electron chi connectivity index (χ3n) is 4.06. The first-order chi connectivity index (χ1) is 13.3. The van der Waals surface area contributed by atoms with Gasteiger partial charge in [0.1, 0.15) is 0 Å². The predicted molar refractivity (Wildman–Crippen MR) is 107 cm³/mol. The smallest absolute Gasteiger partial charge is 0.387 e. The fourth-order valence-electron chi connectivity index (χ4n) is 2.39. The minimum atomic E-state index is -2.99. The Hall–Kier alpha value is -1.92. The van der Waals surface area contributed by atoms with Gasteiger partial charge in [0.15, 0.2) is 17.3 Å². The number of halogens is 4. The summed E-state index contributed by atoms with van der Waals surface area (Å²) in [5, 5.41) is 0.586.